The summed E-state index contributed by atoms with van der Waals surface area (Å²) >= 11 is 0. The van der Waals surface area contributed by atoms with Crippen LogP contribution in [-0.4, -0.2) is 0 Å². The Morgan fingerprint density at radius 3 is 2.23 bits per heavy atom. The number of para-hydroxylation sites is 2. The van der Waals surface area contributed by atoms with Gasteiger partial charge in [-0.1, -0.05) is 116 Å². The lowest BCUT2D eigenvalue weighted by Crippen LogP contribution is -2.41. The zero-order valence-electron chi connectivity index (χ0n) is 29.9. The van der Waals surface area contributed by atoms with Crippen molar-refractivity contribution < 1.29 is 0 Å². The van der Waals surface area contributed by atoms with E-state index in [1.165, 1.54) is 61.7 Å². The van der Waals surface area contributed by atoms with Crippen LogP contribution in [-0.2, 0) is 10.8 Å². The van der Waals surface area contributed by atoms with Gasteiger partial charge in [-0.15, -0.1) is 0 Å². The number of hydrogen-bond donors (Lipinski definition) is 1. The van der Waals surface area contributed by atoms with Gasteiger partial charge >= 0.3 is 0 Å². The van der Waals surface area contributed by atoms with Gasteiger partial charge in [-0.2, -0.15) is 0 Å². The van der Waals surface area contributed by atoms with Gasteiger partial charge in [-0.25, -0.2) is 0 Å². The van der Waals surface area contributed by atoms with Crippen molar-refractivity contribution in [1.29, 1.82) is 0 Å². The summed E-state index contributed by atoms with van der Waals surface area (Å²) < 4.78 is 0. The highest BCUT2D eigenvalue weighted by Crippen LogP contribution is 2.70. The van der Waals surface area contributed by atoms with Gasteiger partial charge in [0.05, 0.1) is 0 Å². The Hall–Kier alpha value is -5.60. The summed E-state index contributed by atoms with van der Waals surface area (Å²) in [7, 11) is 0. The van der Waals surface area contributed by atoms with E-state index in [0.29, 0.717) is 5.92 Å². The number of nitrogens with zero attached hydrogens (tertiary/aromatic N) is 1. The lowest BCUT2D eigenvalue weighted by molar-refractivity contribution is 0.242. The molecule has 2 heteroatoms. The summed E-state index contributed by atoms with van der Waals surface area (Å²) in [5, 5.41) is 3.76. The van der Waals surface area contributed by atoms with Gasteiger partial charge in [-0.3, -0.25) is 0 Å². The zero-order valence-corrected chi connectivity index (χ0v) is 29.9. The van der Waals surface area contributed by atoms with E-state index in [1.54, 1.807) is 5.57 Å². The fraction of sp³-hybridized carbons (Fsp3) is 0.200. The maximum Gasteiger partial charge on any atom is 0.0469 e. The second kappa shape index (κ2) is 12.3. The molecule has 0 aromatic heterocycles. The molecule has 254 valence electrons. The Bertz CT molecular complexity index is 2340. The van der Waals surface area contributed by atoms with Crippen LogP contribution in [0.15, 0.2) is 175 Å². The largest absolute Gasteiger partial charge is 0.356 e. The van der Waals surface area contributed by atoms with Crippen molar-refractivity contribution in [1.82, 2.24) is 0 Å². The lowest BCUT2D eigenvalue weighted by Gasteiger charge is -2.44. The van der Waals surface area contributed by atoms with E-state index in [9.17, 15) is 0 Å². The highest BCUT2D eigenvalue weighted by molar-refractivity contribution is 6.11. The normalized spacial score (nSPS) is 23.8. The quantitative estimate of drug-likeness (QED) is 0.181. The monoisotopic (exact) mass is 672 g/mol. The maximum atomic E-state index is 3.76. The number of rotatable bonds is 6. The summed E-state index contributed by atoms with van der Waals surface area (Å²) in [6.07, 6.45) is 20.6. The molecule has 3 atom stereocenters. The number of hydrogen-bond acceptors (Lipinski definition) is 2. The minimum Gasteiger partial charge on any atom is -0.356 e. The Balaban J connectivity index is 1.12. The molecule has 5 aromatic carbocycles. The van der Waals surface area contributed by atoms with Gasteiger partial charge in [0.2, 0.25) is 0 Å². The molecule has 0 amide bonds. The van der Waals surface area contributed by atoms with Crippen LogP contribution in [0, 0.1) is 5.92 Å². The number of nitrogens with one attached hydrogen (secondary N) is 1. The van der Waals surface area contributed by atoms with Crippen molar-refractivity contribution >= 4 is 33.9 Å². The molecule has 0 saturated carbocycles. The molecule has 1 N–H and O–H groups in total. The van der Waals surface area contributed by atoms with Crippen LogP contribution in [0.5, 0.6) is 0 Å². The average molecular weight is 673 g/mol. The fourth-order valence-electron chi connectivity index (χ4n) is 10.5. The van der Waals surface area contributed by atoms with Crippen LogP contribution in [0.3, 0.4) is 0 Å². The molecule has 10 rings (SSSR count). The number of allylic oxidation sites excluding steroid dienone is 10. The molecule has 0 saturated heterocycles. The second-order valence-corrected chi connectivity index (χ2v) is 15.3. The van der Waals surface area contributed by atoms with Crippen LogP contribution >= 0.6 is 0 Å². The highest BCUT2D eigenvalue weighted by Gasteiger charge is 2.63. The van der Waals surface area contributed by atoms with Crippen molar-refractivity contribution in [3.05, 3.63) is 203 Å². The van der Waals surface area contributed by atoms with Crippen LogP contribution in [0.4, 0.5) is 22.7 Å². The van der Waals surface area contributed by atoms with Crippen LogP contribution in [0.1, 0.15) is 73.3 Å². The first kappa shape index (κ1) is 31.2. The van der Waals surface area contributed by atoms with Crippen molar-refractivity contribution in [2.75, 3.05) is 10.2 Å². The third-order valence-electron chi connectivity index (χ3n) is 12.6. The Kier molecular flexibility index (Phi) is 7.35. The van der Waals surface area contributed by atoms with Crippen LogP contribution in [0.2, 0.25) is 0 Å². The van der Waals surface area contributed by atoms with E-state index in [0.717, 1.165) is 44.2 Å². The van der Waals surface area contributed by atoms with E-state index in [-0.39, 0.29) is 10.8 Å². The van der Waals surface area contributed by atoms with Gasteiger partial charge in [0, 0.05) is 39.3 Å². The van der Waals surface area contributed by atoms with E-state index >= 15 is 0 Å². The molecule has 5 aromatic rings. The molecule has 52 heavy (non-hydrogen) atoms. The first-order valence-corrected chi connectivity index (χ1v) is 19.1. The summed E-state index contributed by atoms with van der Waals surface area (Å²) in [6.45, 7) is 2.55. The van der Waals surface area contributed by atoms with E-state index < -0.39 is 0 Å². The second-order valence-electron chi connectivity index (χ2n) is 15.3. The molecule has 0 bridgehead atoms. The van der Waals surface area contributed by atoms with Gasteiger partial charge in [-0.05, 0) is 144 Å². The Morgan fingerprint density at radius 2 is 1.42 bits per heavy atom. The molecular formula is C50H44N2. The molecule has 2 nitrogen and oxygen atoms in total. The van der Waals surface area contributed by atoms with Gasteiger partial charge in [0.15, 0.2) is 0 Å². The Labute approximate surface area is 308 Å². The molecule has 5 aliphatic rings. The van der Waals surface area contributed by atoms with Gasteiger partial charge < -0.3 is 10.2 Å². The van der Waals surface area contributed by atoms with Crippen LogP contribution in [0.25, 0.3) is 11.1 Å². The van der Waals surface area contributed by atoms with E-state index in [2.05, 4.69) is 181 Å². The zero-order chi connectivity index (χ0) is 34.7. The molecule has 5 aliphatic carbocycles. The lowest BCUT2D eigenvalue weighted by atomic mass is 9.58. The predicted molar refractivity (Wildman–Crippen MR) is 218 cm³/mol. The van der Waals surface area contributed by atoms with E-state index in [1.807, 2.05) is 0 Å². The summed E-state index contributed by atoms with van der Waals surface area (Å²) in [4.78, 5) is 2.43. The standard InChI is InChI=1S/C50H44N2/c1-49-33-14-13-26-47(49)50(46-34-37(29-32-44(46)49)51-36-16-5-2-6-17-36)43-24-12-11-22-42(43)48-41(23-15-25-45(48)50)35-27-30-40(31-28-35)52(38-18-7-3-8-19-38)39-20-9-4-10-21-39/h2-9,11-14,16-20,22-24,27-32,34,47,51H,10,15,21,25-26,33H2,1H3. The average Bonchev–Trinajstić information content (AvgIpc) is 3.63. The molecule has 0 fully saturated rings. The van der Waals surface area contributed by atoms with Gasteiger partial charge in [0.1, 0.15) is 0 Å². The summed E-state index contributed by atoms with van der Waals surface area (Å²) in [6, 6.07) is 47.5. The first-order chi connectivity index (χ1) is 25.7. The van der Waals surface area contributed by atoms with Gasteiger partial charge in [0.25, 0.3) is 0 Å². The molecule has 0 radical (unpaired) electrons. The van der Waals surface area contributed by atoms with Crippen molar-refractivity contribution in [2.45, 2.75) is 56.3 Å². The smallest absolute Gasteiger partial charge is 0.0469 e. The van der Waals surface area contributed by atoms with Crippen molar-refractivity contribution in [2.24, 2.45) is 5.92 Å². The fourth-order valence-corrected chi connectivity index (χ4v) is 10.5. The molecule has 0 aliphatic heterocycles. The third-order valence-corrected chi connectivity index (χ3v) is 12.6. The third kappa shape index (κ3) is 4.63. The summed E-state index contributed by atoms with van der Waals surface area (Å²) in [5.41, 5.74) is 17.7. The topological polar surface area (TPSA) is 15.3 Å². The minimum absolute atomic E-state index is 0.0672. The van der Waals surface area contributed by atoms with Crippen LogP contribution < -0.4 is 10.2 Å². The minimum atomic E-state index is -0.167. The SMILES string of the molecule is CC12CC=CCC1C1(C3=C(C(c4ccc(N(C5=CC=CCC5)c5ccccc5)cc4)=CCC3)c3ccccc31)c1cc(Nc3ccccc3)ccc12. The summed E-state index contributed by atoms with van der Waals surface area (Å²) in [5.74, 6) is 0.458. The van der Waals surface area contributed by atoms with Crippen molar-refractivity contribution in [3.8, 4) is 0 Å². The Morgan fingerprint density at radius 1 is 0.654 bits per heavy atom. The predicted octanol–water partition coefficient (Wildman–Crippen LogP) is 13.0. The molecule has 0 heterocycles. The maximum absolute atomic E-state index is 3.76. The number of anilines is 4. The number of fused-ring (bicyclic) bond motifs is 9. The van der Waals surface area contributed by atoms with E-state index in [4.69, 9.17) is 0 Å². The molecular weight excluding hydrogens is 629 g/mol. The highest BCUT2D eigenvalue weighted by atomic mass is 15.1. The van der Waals surface area contributed by atoms with Crippen molar-refractivity contribution in [3.63, 3.8) is 0 Å². The first-order valence-electron chi connectivity index (χ1n) is 19.1. The number of benzene rings is 5. The molecule has 1 spiro atoms. The molecule has 3 unspecified atom stereocenters.